The molecule has 1 amide bonds. The zero-order valence-electron chi connectivity index (χ0n) is 13.1. The number of nitrogen functional groups attached to an aromatic ring is 1. The molecule has 0 radical (unpaired) electrons. The highest BCUT2D eigenvalue weighted by molar-refractivity contribution is 7.13. The van der Waals surface area contributed by atoms with Gasteiger partial charge in [-0.3, -0.25) is 4.79 Å². The molecule has 6 nitrogen and oxygen atoms in total. The van der Waals surface area contributed by atoms with Gasteiger partial charge in [0.2, 0.25) is 0 Å². The van der Waals surface area contributed by atoms with Crippen LogP contribution >= 0.6 is 11.3 Å². The highest BCUT2D eigenvalue weighted by atomic mass is 32.1. The Morgan fingerprint density at radius 3 is 2.67 bits per heavy atom. The van der Waals surface area contributed by atoms with Crippen molar-refractivity contribution in [3.63, 3.8) is 0 Å². The lowest BCUT2D eigenvalue weighted by atomic mass is 10.0. The van der Waals surface area contributed by atoms with Crippen LogP contribution in [0.4, 0.5) is 5.13 Å². The standard InChI is InChI=1S/C14H25N5OS/c1-17-6-4-11(5-7-17)18(2)8-9-19(3)13(20)12-10-21-14(15)16-12/h10-11H,4-9H2,1-3H3,(H2,15,16). The number of nitrogens with two attached hydrogens (primary N) is 1. The van der Waals surface area contributed by atoms with Crippen LogP contribution in [0.15, 0.2) is 5.38 Å². The summed E-state index contributed by atoms with van der Waals surface area (Å²) in [7, 11) is 6.14. The van der Waals surface area contributed by atoms with Crippen LogP contribution in [-0.4, -0.2) is 79.0 Å². The summed E-state index contributed by atoms with van der Waals surface area (Å²) in [5.74, 6) is -0.0558. The van der Waals surface area contributed by atoms with Gasteiger partial charge in [-0.15, -0.1) is 11.3 Å². The van der Waals surface area contributed by atoms with Gasteiger partial charge in [-0.05, 0) is 40.0 Å². The first-order chi connectivity index (χ1) is 9.97. The summed E-state index contributed by atoms with van der Waals surface area (Å²) in [6.07, 6.45) is 2.40. The minimum absolute atomic E-state index is 0.0558. The summed E-state index contributed by atoms with van der Waals surface area (Å²) < 4.78 is 0. The van der Waals surface area contributed by atoms with Gasteiger partial charge in [0.1, 0.15) is 5.69 Å². The van der Waals surface area contributed by atoms with E-state index >= 15 is 0 Å². The minimum Gasteiger partial charge on any atom is -0.375 e. The van der Waals surface area contributed by atoms with Crippen molar-refractivity contribution in [2.45, 2.75) is 18.9 Å². The summed E-state index contributed by atoms with van der Waals surface area (Å²) >= 11 is 1.30. The van der Waals surface area contributed by atoms with E-state index in [1.165, 1.54) is 24.2 Å². The normalized spacial score (nSPS) is 17.3. The van der Waals surface area contributed by atoms with E-state index < -0.39 is 0 Å². The highest BCUT2D eigenvalue weighted by Crippen LogP contribution is 2.15. The van der Waals surface area contributed by atoms with Crippen LogP contribution in [0.3, 0.4) is 0 Å². The second-order valence-corrected chi connectivity index (χ2v) is 6.70. The lowest BCUT2D eigenvalue weighted by molar-refractivity contribution is 0.0754. The monoisotopic (exact) mass is 311 g/mol. The van der Waals surface area contributed by atoms with Crippen molar-refractivity contribution < 1.29 is 4.79 Å². The van der Waals surface area contributed by atoms with Crippen LogP contribution < -0.4 is 5.73 Å². The van der Waals surface area contributed by atoms with Crippen molar-refractivity contribution in [1.29, 1.82) is 0 Å². The SMILES string of the molecule is CN1CCC(N(C)CCN(C)C(=O)c2csc(N)n2)CC1. The molecule has 1 fully saturated rings. The lowest BCUT2D eigenvalue weighted by Gasteiger charge is -2.35. The molecular formula is C14H25N5OS. The van der Waals surface area contributed by atoms with E-state index in [0.717, 1.165) is 19.6 Å². The average molecular weight is 311 g/mol. The Labute approximate surface area is 130 Å². The zero-order valence-corrected chi connectivity index (χ0v) is 13.9. The quantitative estimate of drug-likeness (QED) is 0.872. The van der Waals surface area contributed by atoms with Gasteiger partial charge < -0.3 is 20.4 Å². The molecule has 1 aliphatic rings. The Hall–Kier alpha value is -1.18. The van der Waals surface area contributed by atoms with Crippen LogP contribution in [0.25, 0.3) is 0 Å². The second kappa shape index (κ2) is 7.20. The van der Waals surface area contributed by atoms with E-state index in [0.29, 0.717) is 23.4 Å². The molecule has 118 valence electrons. The van der Waals surface area contributed by atoms with E-state index in [2.05, 4.69) is 28.9 Å². The van der Waals surface area contributed by atoms with Crippen molar-refractivity contribution in [1.82, 2.24) is 19.7 Å². The van der Waals surface area contributed by atoms with Crippen LogP contribution in [0, 0.1) is 0 Å². The zero-order chi connectivity index (χ0) is 15.4. The number of nitrogens with zero attached hydrogens (tertiary/aromatic N) is 4. The van der Waals surface area contributed by atoms with E-state index in [4.69, 9.17) is 5.73 Å². The maximum atomic E-state index is 12.2. The number of likely N-dealkylation sites (tertiary alicyclic amines) is 1. The third-order valence-corrected chi connectivity index (χ3v) is 4.86. The predicted octanol–water partition coefficient (Wildman–Crippen LogP) is 0.823. The highest BCUT2D eigenvalue weighted by Gasteiger charge is 2.21. The number of carbonyl (C=O) groups excluding carboxylic acids is 1. The molecule has 0 spiro atoms. The van der Waals surface area contributed by atoms with Crippen LogP contribution in [0.1, 0.15) is 23.3 Å². The Kier molecular flexibility index (Phi) is 5.55. The molecule has 1 saturated heterocycles. The molecule has 1 aliphatic heterocycles. The number of anilines is 1. The first-order valence-electron chi connectivity index (χ1n) is 7.32. The van der Waals surface area contributed by atoms with Crippen molar-refractivity contribution in [3.8, 4) is 0 Å². The number of hydrogen-bond donors (Lipinski definition) is 1. The van der Waals surface area contributed by atoms with Gasteiger partial charge >= 0.3 is 0 Å². The van der Waals surface area contributed by atoms with Crippen molar-refractivity contribution >= 4 is 22.4 Å². The van der Waals surface area contributed by atoms with Gasteiger partial charge in [-0.25, -0.2) is 4.98 Å². The number of thiazole rings is 1. The summed E-state index contributed by atoms with van der Waals surface area (Å²) in [6.45, 7) is 3.90. The van der Waals surface area contributed by atoms with Gasteiger partial charge in [0.15, 0.2) is 5.13 Å². The third kappa shape index (κ3) is 4.39. The molecule has 2 heterocycles. The van der Waals surface area contributed by atoms with E-state index in [-0.39, 0.29) is 5.91 Å². The second-order valence-electron chi connectivity index (χ2n) is 5.81. The molecule has 0 atom stereocenters. The molecule has 0 bridgehead atoms. The first-order valence-corrected chi connectivity index (χ1v) is 8.20. The Morgan fingerprint density at radius 1 is 1.43 bits per heavy atom. The largest absolute Gasteiger partial charge is 0.375 e. The van der Waals surface area contributed by atoms with Crippen LogP contribution in [0.5, 0.6) is 0 Å². The average Bonchev–Trinajstić information content (AvgIpc) is 2.91. The lowest BCUT2D eigenvalue weighted by Crippen LogP contribution is -2.44. The van der Waals surface area contributed by atoms with E-state index in [1.807, 2.05) is 7.05 Å². The van der Waals surface area contributed by atoms with Gasteiger partial charge in [-0.1, -0.05) is 0 Å². The van der Waals surface area contributed by atoms with Gasteiger partial charge in [0.05, 0.1) is 0 Å². The smallest absolute Gasteiger partial charge is 0.273 e. The number of likely N-dealkylation sites (N-methyl/N-ethyl adjacent to an activating group) is 2. The number of amides is 1. The number of carbonyl (C=O) groups is 1. The van der Waals surface area contributed by atoms with Gasteiger partial charge in [0.25, 0.3) is 5.91 Å². The summed E-state index contributed by atoms with van der Waals surface area (Å²) in [6, 6.07) is 0.625. The molecule has 1 aromatic heterocycles. The maximum Gasteiger partial charge on any atom is 0.273 e. The summed E-state index contributed by atoms with van der Waals surface area (Å²) in [5.41, 5.74) is 6.02. The number of piperidine rings is 1. The topological polar surface area (TPSA) is 65.7 Å². The van der Waals surface area contributed by atoms with Gasteiger partial charge in [0, 0.05) is 31.6 Å². The van der Waals surface area contributed by atoms with E-state index in [1.54, 1.807) is 10.3 Å². The summed E-state index contributed by atoms with van der Waals surface area (Å²) in [5, 5.41) is 2.16. The molecular weight excluding hydrogens is 286 g/mol. The third-order valence-electron chi connectivity index (χ3n) is 4.19. The molecule has 0 aromatic carbocycles. The van der Waals surface area contributed by atoms with Crippen LogP contribution in [-0.2, 0) is 0 Å². The molecule has 21 heavy (non-hydrogen) atoms. The number of hydrogen-bond acceptors (Lipinski definition) is 6. The van der Waals surface area contributed by atoms with Gasteiger partial charge in [-0.2, -0.15) is 0 Å². The molecule has 2 rings (SSSR count). The fourth-order valence-corrected chi connectivity index (χ4v) is 3.15. The Morgan fingerprint density at radius 2 is 2.10 bits per heavy atom. The molecule has 7 heteroatoms. The number of aromatic nitrogens is 1. The van der Waals surface area contributed by atoms with E-state index in [9.17, 15) is 4.79 Å². The molecule has 0 unspecified atom stereocenters. The fraction of sp³-hybridized carbons (Fsp3) is 0.714. The Balaban J connectivity index is 1.78. The molecule has 0 aliphatic carbocycles. The maximum absolute atomic E-state index is 12.2. The predicted molar refractivity (Wildman–Crippen MR) is 86.6 cm³/mol. The first kappa shape index (κ1) is 16.2. The summed E-state index contributed by atoms with van der Waals surface area (Å²) in [4.78, 5) is 22.7. The van der Waals surface area contributed by atoms with Crippen LogP contribution in [0.2, 0.25) is 0 Å². The van der Waals surface area contributed by atoms with Crippen molar-refractivity contribution in [3.05, 3.63) is 11.1 Å². The molecule has 2 N–H and O–H groups in total. The van der Waals surface area contributed by atoms with Crippen molar-refractivity contribution in [2.24, 2.45) is 0 Å². The fourth-order valence-electron chi connectivity index (χ4n) is 2.61. The van der Waals surface area contributed by atoms with Crippen molar-refractivity contribution in [2.75, 3.05) is 53.1 Å². The minimum atomic E-state index is -0.0558. The number of rotatable bonds is 5. The molecule has 0 saturated carbocycles. The molecule has 1 aromatic rings. The Bertz CT molecular complexity index is 470.